The second-order valence-electron chi connectivity index (χ2n) is 4.64. The van der Waals surface area contributed by atoms with Crippen molar-refractivity contribution >= 4 is 0 Å². The van der Waals surface area contributed by atoms with E-state index < -0.39 is 0 Å². The molecule has 98 valence electrons. The molecule has 19 heavy (non-hydrogen) atoms. The van der Waals surface area contributed by atoms with Gasteiger partial charge in [0, 0.05) is 18.4 Å². The molecule has 0 aliphatic heterocycles. The highest BCUT2D eigenvalue weighted by Crippen LogP contribution is 2.22. The number of hydrogen-bond acceptors (Lipinski definition) is 4. The smallest absolute Gasteiger partial charge is 0.227 e. The Morgan fingerprint density at radius 1 is 1.47 bits per heavy atom. The predicted octanol–water partition coefficient (Wildman–Crippen LogP) is 3.28. The molecule has 1 aromatic carbocycles. The van der Waals surface area contributed by atoms with Gasteiger partial charge in [-0.1, -0.05) is 12.1 Å². The van der Waals surface area contributed by atoms with E-state index in [0.717, 1.165) is 11.1 Å². The molecule has 0 amide bonds. The van der Waals surface area contributed by atoms with Crippen LogP contribution in [0.15, 0.2) is 22.7 Å². The van der Waals surface area contributed by atoms with Crippen LogP contribution in [0.2, 0.25) is 0 Å². The molecule has 0 fully saturated rings. The Kier molecular flexibility index (Phi) is 3.91. The van der Waals surface area contributed by atoms with Crippen LogP contribution in [0.3, 0.4) is 0 Å². The summed E-state index contributed by atoms with van der Waals surface area (Å²) in [5.41, 5.74) is 1.52. The molecule has 4 nitrogen and oxygen atoms in total. The van der Waals surface area contributed by atoms with Gasteiger partial charge in [0.1, 0.15) is 5.82 Å². The normalized spacial score (nSPS) is 12.1. The fourth-order valence-corrected chi connectivity index (χ4v) is 1.85. The highest BCUT2D eigenvalue weighted by atomic mass is 19.1. The van der Waals surface area contributed by atoms with Gasteiger partial charge in [-0.3, -0.25) is 0 Å². The third-order valence-electron chi connectivity index (χ3n) is 2.86. The Labute approximate surface area is 110 Å². The minimum atomic E-state index is -0.285. The maximum absolute atomic E-state index is 13.0. The first-order chi connectivity index (χ1) is 9.10. The summed E-state index contributed by atoms with van der Waals surface area (Å²) >= 11 is 0. The summed E-state index contributed by atoms with van der Waals surface area (Å²) in [6.07, 6.45) is 1.02. The van der Waals surface area contributed by atoms with Crippen molar-refractivity contribution in [1.82, 2.24) is 10.1 Å². The van der Waals surface area contributed by atoms with Gasteiger partial charge < -0.3 is 4.52 Å². The van der Waals surface area contributed by atoms with Gasteiger partial charge >= 0.3 is 0 Å². The first-order valence-electron chi connectivity index (χ1n) is 6.06. The fraction of sp³-hybridized carbons (Fsp3) is 0.357. The minimum absolute atomic E-state index is 0.174. The summed E-state index contributed by atoms with van der Waals surface area (Å²) in [5.74, 6) is 0.846. The summed E-state index contributed by atoms with van der Waals surface area (Å²) in [4.78, 5) is 4.28. The lowest BCUT2D eigenvalue weighted by Gasteiger charge is -2.01. The number of nitriles is 1. The Morgan fingerprint density at radius 3 is 2.95 bits per heavy atom. The Bertz CT molecular complexity index is 615. The lowest BCUT2D eigenvalue weighted by molar-refractivity contribution is 0.359. The summed E-state index contributed by atoms with van der Waals surface area (Å²) in [5, 5.41) is 12.5. The first kappa shape index (κ1) is 13.2. The molecule has 0 saturated carbocycles. The molecule has 1 heterocycles. The molecule has 0 radical (unpaired) electrons. The zero-order chi connectivity index (χ0) is 13.8. The second-order valence-corrected chi connectivity index (χ2v) is 4.64. The van der Waals surface area contributed by atoms with E-state index >= 15 is 0 Å². The molecule has 0 N–H and O–H groups in total. The highest BCUT2D eigenvalue weighted by Gasteiger charge is 2.13. The van der Waals surface area contributed by atoms with Crippen LogP contribution in [0, 0.1) is 30.0 Å². The largest absolute Gasteiger partial charge is 0.339 e. The van der Waals surface area contributed by atoms with E-state index in [2.05, 4.69) is 16.2 Å². The van der Waals surface area contributed by atoms with Crippen molar-refractivity contribution in [2.24, 2.45) is 5.92 Å². The second kappa shape index (κ2) is 5.61. The number of aromatic nitrogens is 2. The fourth-order valence-electron chi connectivity index (χ4n) is 1.85. The molecule has 0 aliphatic rings. The third-order valence-corrected chi connectivity index (χ3v) is 2.86. The van der Waals surface area contributed by atoms with Gasteiger partial charge in [0.15, 0.2) is 0 Å². The van der Waals surface area contributed by atoms with Crippen LogP contribution >= 0.6 is 0 Å². The van der Waals surface area contributed by atoms with Crippen LogP contribution in [0.1, 0.15) is 24.8 Å². The van der Waals surface area contributed by atoms with Gasteiger partial charge in [0.2, 0.25) is 11.7 Å². The van der Waals surface area contributed by atoms with E-state index in [9.17, 15) is 4.39 Å². The van der Waals surface area contributed by atoms with Crippen molar-refractivity contribution in [1.29, 1.82) is 5.26 Å². The standard InChI is InChI=1S/C14H14FN3O/c1-9(5-6-16)7-13-17-14(18-19-13)12-4-3-11(15)8-10(12)2/h3-4,8-9H,5,7H2,1-2H3. The van der Waals surface area contributed by atoms with Crippen LogP contribution in [-0.2, 0) is 6.42 Å². The number of nitrogens with zero attached hydrogens (tertiary/aromatic N) is 3. The number of halogens is 1. The molecule has 5 heteroatoms. The van der Waals surface area contributed by atoms with E-state index in [-0.39, 0.29) is 11.7 Å². The van der Waals surface area contributed by atoms with Gasteiger partial charge in [0.25, 0.3) is 0 Å². The van der Waals surface area contributed by atoms with E-state index in [1.54, 1.807) is 13.0 Å². The maximum Gasteiger partial charge on any atom is 0.227 e. The van der Waals surface area contributed by atoms with E-state index in [1.165, 1.54) is 12.1 Å². The van der Waals surface area contributed by atoms with E-state index in [4.69, 9.17) is 9.78 Å². The molecule has 0 saturated heterocycles. The van der Waals surface area contributed by atoms with Gasteiger partial charge in [-0.15, -0.1) is 0 Å². The third kappa shape index (κ3) is 3.16. The van der Waals surface area contributed by atoms with Crippen LogP contribution in [0.25, 0.3) is 11.4 Å². The SMILES string of the molecule is Cc1cc(F)ccc1-c1noc(CC(C)CC#N)n1. The van der Waals surface area contributed by atoms with Gasteiger partial charge in [-0.2, -0.15) is 10.2 Å². The van der Waals surface area contributed by atoms with Crippen molar-refractivity contribution < 1.29 is 8.91 Å². The summed E-state index contributed by atoms with van der Waals surface area (Å²) < 4.78 is 18.2. The molecule has 0 bridgehead atoms. The number of hydrogen-bond donors (Lipinski definition) is 0. The topological polar surface area (TPSA) is 62.7 Å². The number of rotatable bonds is 4. The zero-order valence-electron chi connectivity index (χ0n) is 10.9. The van der Waals surface area contributed by atoms with Gasteiger partial charge in [-0.25, -0.2) is 4.39 Å². The number of benzene rings is 1. The molecule has 0 spiro atoms. The lowest BCUT2D eigenvalue weighted by Crippen LogP contribution is -1.98. The van der Waals surface area contributed by atoms with E-state index in [0.29, 0.717) is 24.6 Å². The Hall–Kier alpha value is -2.22. The minimum Gasteiger partial charge on any atom is -0.339 e. The molecule has 1 aromatic heterocycles. The molecular weight excluding hydrogens is 245 g/mol. The van der Waals surface area contributed by atoms with Crippen molar-refractivity contribution in [2.75, 3.05) is 0 Å². The molecule has 2 rings (SSSR count). The summed E-state index contributed by atoms with van der Waals surface area (Å²) in [7, 11) is 0. The van der Waals surface area contributed by atoms with Crippen molar-refractivity contribution in [3.05, 3.63) is 35.5 Å². The van der Waals surface area contributed by atoms with Gasteiger partial charge in [-0.05, 0) is 36.6 Å². The molecular formula is C14H14FN3O. The quantitative estimate of drug-likeness (QED) is 0.845. The van der Waals surface area contributed by atoms with Crippen LogP contribution in [-0.4, -0.2) is 10.1 Å². The summed E-state index contributed by atoms with van der Waals surface area (Å²) in [6, 6.07) is 6.55. The first-order valence-corrected chi connectivity index (χ1v) is 6.06. The van der Waals surface area contributed by atoms with E-state index in [1.807, 2.05) is 6.92 Å². The predicted molar refractivity (Wildman–Crippen MR) is 67.5 cm³/mol. The van der Waals surface area contributed by atoms with Gasteiger partial charge in [0.05, 0.1) is 6.07 Å². The van der Waals surface area contributed by atoms with Crippen molar-refractivity contribution in [2.45, 2.75) is 26.7 Å². The zero-order valence-corrected chi connectivity index (χ0v) is 10.9. The van der Waals surface area contributed by atoms with Crippen LogP contribution in [0.4, 0.5) is 4.39 Å². The Balaban J connectivity index is 2.19. The summed E-state index contributed by atoms with van der Waals surface area (Å²) in [6.45, 7) is 3.75. The molecule has 0 aliphatic carbocycles. The lowest BCUT2D eigenvalue weighted by atomic mass is 10.1. The monoisotopic (exact) mass is 259 g/mol. The average molecular weight is 259 g/mol. The molecule has 1 atom stereocenters. The van der Waals surface area contributed by atoms with Crippen molar-refractivity contribution in [3.63, 3.8) is 0 Å². The average Bonchev–Trinajstić information content (AvgIpc) is 2.77. The molecule has 2 aromatic rings. The van der Waals surface area contributed by atoms with Crippen LogP contribution in [0.5, 0.6) is 0 Å². The molecule has 1 unspecified atom stereocenters. The number of aryl methyl sites for hydroxylation is 1. The maximum atomic E-state index is 13.0. The van der Waals surface area contributed by atoms with Crippen LogP contribution < -0.4 is 0 Å². The van der Waals surface area contributed by atoms with Crippen molar-refractivity contribution in [3.8, 4) is 17.5 Å². The Morgan fingerprint density at radius 2 is 2.26 bits per heavy atom. The highest BCUT2D eigenvalue weighted by molar-refractivity contribution is 5.59.